The minimum absolute atomic E-state index is 0.0785. The van der Waals surface area contributed by atoms with Crippen molar-refractivity contribution in [2.45, 2.75) is 27.2 Å². The van der Waals surface area contributed by atoms with Crippen molar-refractivity contribution in [1.29, 1.82) is 0 Å². The number of carbonyl (C=O) groups is 2. The van der Waals surface area contributed by atoms with Gasteiger partial charge in [-0.2, -0.15) is 0 Å². The maximum Gasteiger partial charge on any atom is 0.335 e. The molecule has 1 aromatic carbocycles. The Morgan fingerprint density at radius 3 is 2.57 bits per heavy atom. The Labute approximate surface area is 129 Å². The zero-order valence-electron chi connectivity index (χ0n) is 12.5. The van der Waals surface area contributed by atoms with Crippen molar-refractivity contribution >= 4 is 29.2 Å². The Morgan fingerprint density at radius 2 is 2.00 bits per heavy atom. The molecular formula is C15H21ClN2O3. The fourth-order valence-corrected chi connectivity index (χ4v) is 1.75. The molecule has 0 aliphatic rings. The van der Waals surface area contributed by atoms with Crippen LogP contribution < -0.4 is 10.6 Å². The summed E-state index contributed by atoms with van der Waals surface area (Å²) in [5.74, 6) is -1.32. The van der Waals surface area contributed by atoms with Gasteiger partial charge in [0.2, 0.25) is 5.91 Å². The average Bonchev–Trinajstić information content (AvgIpc) is 2.40. The lowest BCUT2D eigenvalue weighted by atomic mass is 9.90. The number of hydrogen-bond acceptors (Lipinski definition) is 3. The lowest BCUT2D eigenvalue weighted by molar-refractivity contribution is -0.115. The Balaban J connectivity index is 2.59. The van der Waals surface area contributed by atoms with Crippen molar-refractivity contribution in [2.75, 3.05) is 18.4 Å². The highest BCUT2D eigenvalue weighted by Crippen LogP contribution is 2.23. The molecule has 0 aliphatic carbocycles. The van der Waals surface area contributed by atoms with Crippen LogP contribution in [0.15, 0.2) is 18.2 Å². The van der Waals surface area contributed by atoms with Gasteiger partial charge >= 0.3 is 5.97 Å². The number of halogens is 1. The molecule has 0 saturated carbocycles. The van der Waals surface area contributed by atoms with E-state index in [1.54, 1.807) is 0 Å². The molecule has 6 heteroatoms. The van der Waals surface area contributed by atoms with Gasteiger partial charge in [0.25, 0.3) is 0 Å². The SMILES string of the molecule is CCC(C)(C)CNCC(=O)Nc1cc(C(=O)O)ccc1Cl. The summed E-state index contributed by atoms with van der Waals surface area (Å²) in [6, 6.07) is 4.19. The summed E-state index contributed by atoms with van der Waals surface area (Å²) in [6.45, 7) is 7.20. The molecule has 1 amide bonds. The van der Waals surface area contributed by atoms with Crippen molar-refractivity contribution in [3.05, 3.63) is 28.8 Å². The van der Waals surface area contributed by atoms with Crippen molar-refractivity contribution in [2.24, 2.45) is 5.41 Å². The van der Waals surface area contributed by atoms with E-state index in [0.29, 0.717) is 10.7 Å². The van der Waals surface area contributed by atoms with Gasteiger partial charge in [0.1, 0.15) is 0 Å². The van der Waals surface area contributed by atoms with Crippen LogP contribution in [-0.4, -0.2) is 30.1 Å². The van der Waals surface area contributed by atoms with Crippen LogP contribution in [0.1, 0.15) is 37.6 Å². The Morgan fingerprint density at radius 1 is 1.33 bits per heavy atom. The van der Waals surface area contributed by atoms with E-state index < -0.39 is 5.97 Å². The predicted molar refractivity (Wildman–Crippen MR) is 84.0 cm³/mol. The summed E-state index contributed by atoms with van der Waals surface area (Å²) < 4.78 is 0. The highest BCUT2D eigenvalue weighted by atomic mass is 35.5. The third kappa shape index (κ3) is 5.73. The van der Waals surface area contributed by atoms with Gasteiger partial charge in [-0.1, -0.05) is 32.4 Å². The number of nitrogens with one attached hydrogen (secondary N) is 2. The Hall–Kier alpha value is -1.59. The first kappa shape index (κ1) is 17.5. The minimum Gasteiger partial charge on any atom is -0.478 e. The number of carboxylic acids is 1. The molecule has 116 valence electrons. The fraction of sp³-hybridized carbons (Fsp3) is 0.467. The van der Waals surface area contributed by atoms with Crippen LogP contribution in [0.2, 0.25) is 5.02 Å². The summed E-state index contributed by atoms with van der Waals surface area (Å²) in [7, 11) is 0. The van der Waals surface area contributed by atoms with E-state index in [4.69, 9.17) is 16.7 Å². The molecule has 0 fully saturated rings. The van der Waals surface area contributed by atoms with Crippen LogP contribution in [0.4, 0.5) is 5.69 Å². The lowest BCUT2D eigenvalue weighted by Crippen LogP contribution is -2.35. The number of amides is 1. The maximum absolute atomic E-state index is 11.8. The van der Waals surface area contributed by atoms with Gasteiger partial charge in [-0.3, -0.25) is 4.79 Å². The number of hydrogen-bond donors (Lipinski definition) is 3. The normalized spacial score (nSPS) is 11.2. The average molecular weight is 313 g/mol. The van der Waals surface area contributed by atoms with Crippen LogP contribution in [0.25, 0.3) is 0 Å². The van der Waals surface area contributed by atoms with Crippen LogP contribution in [0.5, 0.6) is 0 Å². The molecule has 0 spiro atoms. The Kier molecular flexibility index (Phi) is 6.18. The van der Waals surface area contributed by atoms with Crippen molar-refractivity contribution in [3.8, 4) is 0 Å². The molecule has 5 nitrogen and oxygen atoms in total. The van der Waals surface area contributed by atoms with Crippen molar-refractivity contribution in [3.63, 3.8) is 0 Å². The summed E-state index contributed by atoms with van der Waals surface area (Å²) in [6.07, 6.45) is 1.01. The number of aromatic carboxylic acids is 1. The summed E-state index contributed by atoms with van der Waals surface area (Å²) in [5, 5.41) is 14.9. The molecule has 0 radical (unpaired) electrons. The predicted octanol–water partition coefficient (Wildman–Crippen LogP) is 3.00. The highest BCUT2D eigenvalue weighted by Gasteiger charge is 2.15. The first-order valence-corrected chi connectivity index (χ1v) is 7.16. The number of rotatable bonds is 7. The number of carboxylic acid groups (broad SMARTS) is 1. The summed E-state index contributed by atoms with van der Waals surface area (Å²) >= 11 is 5.95. The smallest absolute Gasteiger partial charge is 0.335 e. The largest absolute Gasteiger partial charge is 0.478 e. The topological polar surface area (TPSA) is 78.4 Å². The molecule has 21 heavy (non-hydrogen) atoms. The monoisotopic (exact) mass is 312 g/mol. The quantitative estimate of drug-likeness (QED) is 0.723. The lowest BCUT2D eigenvalue weighted by Gasteiger charge is -2.22. The molecule has 3 N–H and O–H groups in total. The molecular weight excluding hydrogens is 292 g/mol. The molecule has 0 unspecified atom stereocenters. The van der Waals surface area contributed by atoms with E-state index >= 15 is 0 Å². The fourth-order valence-electron chi connectivity index (χ4n) is 1.59. The van der Waals surface area contributed by atoms with E-state index in [-0.39, 0.29) is 23.4 Å². The van der Waals surface area contributed by atoms with Crippen molar-refractivity contribution in [1.82, 2.24) is 5.32 Å². The first-order valence-electron chi connectivity index (χ1n) is 6.78. The third-order valence-corrected chi connectivity index (χ3v) is 3.66. The minimum atomic E-state index is -1.06. The van der Waals surface area contributed by atoms with Gasteiger partial charge in [0.05, 0.1) is 22.8 Å². The molecule has 0 heterocycles. The molecule has 0 aromatic heterocycles. The number of carbonyl (C=O) groups excluding carboxylic acids is 1. The zero-order chi connectivity index (χ0) is 16.0. The summed E-state index contributed by atoms with van der Waals surface area (Å²) in [5.41, 5.74) is 0.508. The molecule has 1 rings (SSSR count). The second-order valence-corrected chi connectivity index (χ2v) is 6.08. The number of benzene rings is 1. The van der Waals surface area contributed by atoms with Gasteiger partial charge < -0.3 is 15.7 Å². The van der Waals surface area contributed by atoms with Gasteiger partial charge in [0.15, 0.2) is 0 Å². The summed E-state index contributed by atoms with van der Waals surface area (Å²) in [4.78, 5) is 22.7. The van der Waals surface area contributed by atoms with Gasteiger partial charge in [0, 0.05) is 6.54 Å². The second-order valence-electron chi connectivity index (χ2n) is 5.67. The highest BCUT2D eigenvalue weighted by molar-refractivity contribution is 6.33. The van der Waals surface area contributed by atoms with E-state index in [1.807, 2.05) is 0 Å². The van der Waals surface area contributed by atoms with Crippen molar-refractivity contribution < 1.29 is 14.7 Å². The first-order chi connectivity index (χ1) is 9.75. The zero-order valence-corrected chi connectivity index (χ0v) is 13.3. The molecule has 1 aromatic rings. The van der Waals surface area contributed by atoms with Crippen LogP contribution >= 0.6 is 11.6 Å². The Bertz CT molecular complexity index is 530. The third-order valence-electron chi connectivity index (χ3n) is 3.33. The van der Waals surface area contributed by atoms with E-state index in [0.717, 1.165) is 13.0 Å². The second kappa shape index (κ2) is 7.43. The van der Waals surface area contributed by atoms with Gasteiger partial charge in [-0.25, -0.2) is 4.79 Å². The van der Waals surface area contributed by atoms with Crippen LogP contribution in [-0.2, 0) is 4.79 Å². The number of anilines is 1. The van der Waals surface area contributed by atoms with E-state index in [1.165, 1.54) is 18.2 Å². The molecule has 0 bridgehead atoms. The van der Waals surface area contributed by atoms with Gasteiger partial charge in [-0.05, 0) is 30.0 Å². The molecule has 0 atom stereocenters. The van der Waals surface area contributed by atoms with Crippen LogP contribution in [0.3, 0.4) is 0 Å². The maximum atomic E-state index is 11.8. The van der Waals surface area contributed by atoms with Gasteiger partial charge in [-0.15, -0.1) is 0 Å². The standard InChI is InChI=1S/C15H21ClN2O3/c1-4-15(2,3)9-17-8-13(19)18-12-7-10(14(20)21)5-6-11(12)16/h5-7,17H,4,8-9H2,1-3H3,(H,18,19)(H,20,21). The van der Waals surface area contributed by atoms with E-state index in [9.17, 15) is 9.59 Å². The van der Waals surface area contributed by atoms with Crippen LogP contribution in [0, 0.1) is 5.41 Å². The van der Waals surface area contributed by atoms with E-state index in [2.05, 4.69) is 31.4 Å². The molecule has 0 saturated heterocycles. The molecule has 0 aliphatic heterocycles.